The number of hydrogen-bond acceptors (Lipinski definition) is 6. The molecular formula is C65H114O6. The zero-order chi connectivity index (χ0) is 51.4. The molecule has 0 spiro atoms. The second-order valence-electron chi connectivity index (χ2n) is 20.2. The summed E-state index contributed by atoms with van der Waals surface area (Å²) in [6.45, 7) is 6.53. The van der Waals surface area contributed by atoms with Gasteiger partial charge in [-0.2, -0.15) is 0 Å². The Hall–Kier alpha value is -3.15. The van der Waals surface area contributed by atoms with Crippen LogP contribution in [0.5, 0.6) is 0 Å². The number of rotatable bonds is 55. The first kappa shape index (κ1) is 67.8. The van der Waals surface area contributed by atoms with Crippen molar-refractivity contribution >= 4 is 17.9 Å². The van der Waals surface area contributed by atoms with Crippen molar-refractivity contribution in [3.05, 3.63) is 72.9 Å². The van der Waals surface area contributed by atoms with Gasteiger partial charge >= 0.3 is 17.9 Å². The van der Waals surface area contributed by atoms with Crippen LogP contribution in [0.1, 0.15) is 303 Å². The Balaban J connectivity index is 4.26. The molecule has 6 heteroatoms. The van der Waals surface area contributed by atoms with Gasteiger partial charge in [-0.05, 0) is 70.6 Å². The maximum absolute atomic E-state index is 12.9. The van der Waals surface area contributed by atoms with Gasteiger partial charge in [-0.15, -0.1) is 0 Å². The van der Waals surface area contributed by atoms with E-state index < -0.39 is 6.10 Å². The van der Waals surface area contributed by atoms with E-state index in [1.165, 1.54) is 161 Å². The molecule has 6 nitrogen and oxygen atoms in total. The Labute approximate surface area is 440 Å². The Morgan fingerprint density at radius 1 is 0.296 bits per heavy atom. The standard InChI is InChI=1S/C65H114O6/c1-4-7-10-13-16-19-21-23-25-27-29-30-31-32-33-34-36-37-39-41-43-46-49-52-55-58-64(67)70-61-62(60-69-63(66)57-54-51-48-45-18-15-12-9-6-3)71-65(68)59-56-53-50-47-44-42-40-38-35-28-26-24-22-20-17-14-11-8-5-2/h7,10,16,19,23,25,29-30,32-33,36-37,62H,4-6,8-9,11-15,17-18,20-22,24,26-28,31,34-35,38-61H2,1-3H3/b10-7-,19-16-,25-23-,30-29-,33-32-,37-36-. The van der Waals surface area contributed by atoms with Crippen LogP contribution in [0.4, 0.5) is 0 Å². The van der Waals surface area contributed by atoms with Crippen molar-refractivity contribution in [2.75, 3.05) is 13.2 Å². The molecule has 0 aromatic carbocycles. The van der Waals surface area contributed by atoms with E-state index in [0.29, 0.717) is 19.3 Å². The molecule has 1 unspecified atom stereocenters. The van der Waals surface area contributed by atoms with E-state index in [-0.39, 0.29) is 31.1 Å². The van der Waals surface area contributed by atoms with Crippen LogP contribution in [0.3, 0.4) is 0 Å². The van der Waals surface area contributed by atoms with E-state index in [4.69, 9.17) is 14.2 Å². The van der Waals surface area contributed by atoms with Crippen LogP contribution >= 0.6 is 0 Å². The molecule has 0 aromatic rings. The van der Waals surface area contributed by atoms with Crippen molar-refractivity contribution in [3.8, 4) is 0 Å². The van der Waals surface area contributed by atoms with E-state index >= 15 is 0 Å². The van der Waals surface area contributed by atoms with E-state index in [1.807, 2.05) is 0 Å². The van der Waals surface area contributed by atoms with Crippen molar-refractivity contribution < 1.29 is 28.6 Å². The Bertz CT molecular complexity index is 1320. The summed E-state index contributed by atoms with van der Waals surface area (Å²) in [6, 6.07) is 0. The summed E-state index contributed by atoms with van der Waals surface area (Å²) in [7, 11) is 0. The number of allylic oxidation sites excluding steroid dienone is 12. The van der Waals surface area contributed by atoms with Gasteiger partial charge in [0.05, 0.1) is 0 Å². The minimum absolute atomic E-state index is 0.0763. The quantitative estimate of drug-likeness (QED) is 0.0261. The largest absolute Gasteiger partial charge is 0.462 e. The van der Waals surface area contributed by atoms with Crippen LogP contribution in [0, 0.1) is 0 Å². The average molecular weight is 992 g/mol. The lowest BCUT2D eigenvalue weighted by atomic mass is 10.0. The van der Waals surface area contributed by atoms with Gasteiger partial charge < -0.3 is 14.2 Å². The van der Waals surface area contributed by atoms with Gasteiger partial charge in [0.2, 0.25) is 0 Å². The first-order chi connectivity index (χ1) is 35.0. The summed E-state index contributed by atoms with van der Waals surface area (Å²) in [5.74, 6) is -0.881. The van der Waals surface area contributed by atoms with Gasteiger partial charge in [0.15, 0.2) is 6.10 Å². The Morgan fingerprint density at radius 2 is 0.549 bits per heavy atom. The highest BCUT2D eigenvalue weighted by Gasteiger charge is 2.19. The van der Waals surface area contributed by atoms with E-state index in [0.717, 1.165) is 103 Å². The van der Waals surface area contributed by atoms with Crippen LogP contribution in [0.25, 0.3) is 0 Å². The summed E-state index contributed by atoms with van der Waals surface area (Å²) in [6.07, 6.45) is 76.2. The number of carbonyl (C=O) groups excluding carboxylic acids is 3. The summed E-state index contributed by atoms with van der Waals surface area (Å²) in [5, 5.41) is 0. The number of unbranched alkanes of at least 4 members (excludes halogenated alkanes) is 32. The lowest BCUT2D eigenvalue weighted by Gasteiger charge is -2.18. The fraction of sp³-hybridized carbons (Fsp3) is 0.769. The first-order valence-corrected chi connectivity index (χ1v) is 30.4. The summed E-state index contributed by atoms with van der Waals surface area (Å²) >= 11 is 0. The first-order valence-electron chi connectivity index (χ1n) is 30.4. The number of carbonyl (C=O) groups is 3. The minimum Gasteiger partial charge on any atom is -0.462 e. The highest BCUT2D eigenvalue weighted by molar-refractivity contribution is 5.71. The second-order valence-corrected chi connectivity index (χ2v) is 20.2. The molecular weight excluding hydrogens is 877 g/mol. The topological polar surface area (TPSA) is 78.9 Å². The van der Waals surface area contributed by atoms with E-state index in [9.17, 15) is 14.4 Å². The third kappa shape index (κ3) is 57.6. The third-order valence-corrected chi connectivity index (χ3v) is 13.2. The monoisotopic (exact) mass is 991 g/mol. The lowest BCUT2D eigenvalue weighted by molar-refractivity contribution is -0.167. The maximum Gasteiger partial charge on any atom is 0.306 e. The van der Waals surface area contributed by atoms with Crippen molar-refractivity contribution in [1.29, 1.82) is 0 Å². The van der Waals surface area contributed by atoms with Gasteiger partial charge in [-0.1, -0.05) is 286 Å². The molecule has 0 saturated carbocycles. The molecule has 0 fully saturated rings. The highest BCUT2D eigenvalue weighted by atomic mass is 16.6. The third-order valence-electron chi connectivity index (χ3n) is 13.2. The van der Waals surface area contributed by atoms with E-state index in [2.05, 4.69) is 93.7 Å². The van der Waals surface area contributed by atoms with Crippen LogP contribution < -0.4 is 0 Å². The smallest absolute Gasteiger partial charge is 0.306 e. The zero-order valence-corrected chi connectivity index (χ0v) is 47.0. The van der Waals surface area contributed by atoms with Gasteiger partial charge in [-0.3, -0.25) is 14.4 Å². The normalized spacial score (nSPS) is 12.5. The van der Waals surface area contributed by atoms with Crippen LogP contribution in [-0.2, 0) is 28.6 Å². The molecule has 0 N–H and O–H groups in total. The summed E-state index contributed by atoms with van der Waals surface area (Å²) in [5.41, 5.74) is 0. The zero-order valence-electron chi connectivity index (χ0n) is 47.0. The number of ether oxygens (including phenoxy) is 3. The predicted octanol–water partition coefficient (Wildman–Crippen LogP) is 20.5. The molecule has 0 heterocycles. The Kier molecular flexibility index (Phi) is 56.8. The van der Waals surface area contributed by atoms with E-state index in [1.54, 1.807) is 0 Å². The predicted molar refractivity (Wildman–Crippen MR) is 307 cm³/mol. The van der Waals surface area contributed by atoms with Gasteiger partial charge in [-0.25, -0.2) is 0 Å². The Morgan fingerprint density at radius 3 is 0.859 bits per heavy atom. The van der Waals surface area contributed by atoms with Crippen molar-refractivity contribution in [1.82, 2.24) is 0 Å². The molecule has 410 valence electrons. The van der Waals surface area contributed by atoms with Crippen molar-refractivity contribution in [2.24, 2.45) is 0 Å². The fourth-order valence-corrected chi connectivity index (χ4v) is 8.68. The minimum atomic E-state index is -0.778. The number of hydrogen-bond donors (Lipinski definition) is 0. The maximum atomic E-state index is 12.9. The number of esters is 3. The lowest BCUT2D eigenvalue weighted by Crippen LogP contribution is -2.30. The molecule has 0 aromatic heterocycles. The molecule has 0 aliphatic carbocycles. The van der Waals surface area contributed by atoms with Crippen LogP contribution in [0.2, 0.25) is 0 Å². The molecule has 71 heavy (non-hydrogen) atoms. The van der Waals surface area contributed by atoms with Gasteiger partial charge in [0, 0.05) is 19.3 Å². The van der Waals surface area contributed by atoms with Crippen molar-refractivity contribution in [2.45, 2.75) is 309 Å². The SMILES string of the molecule is CC/C=C\C/C=C\C/C=C\C/C=C\C/C=C\C/C=C\CCCCCCCCC(=O)OCC(COC(=O)CCCCCCCCCCC)OC(=O)CCCCCCCCCCCCCCCCCCCCC. The molecule has 0 aliphatic rings. The molecule has 0 radical (unpaired) electrons. The van der Waals surface area contributed by atoms with Gasteiger partial charge in [0.1, 0.15) is 13.2 Å². The molecule has 0 amide bonds. The fourth-order valence-electron chi connectivity index (χ4n) is 8.68. The average Bonchev–Trinajstić information content (AvgIpc) is 3.37. The highest BCUT2D eigenvalue weighted by Crippen LogP contribution is 2.17. The second kappa shape index (κ2) is 59.4. The molecule has 0 rings (SSSR count). The summed E-state index contributed by atoms with van der Waals surface area (Å²) < 4.78 is 16.9. The van der Waals surface area contributed by atoms with Crippen molar-refractivity contribution in [3.63, 3.8) is 0 Å². The molecule has 0 bridgehead atoms. The molecule has 0 aliphatic heterocycles. The van der Waals surface area contributed by atoms with Crippen LogP contribution in [0.15, 0.2) is 72.9 Å². The summed E-state index contributed by atoms with van der Waals surface area (Å²) in [4.78, 5) is 38.1. The van der Waals surface area contributed by atoms with Crippen LogP contribution in [-0.4, -0.2) is 37.2 Å². The van der Waals surface area contributed by atoms with Gasteiger partial charge in [0.25, 0.3) is 0 Å². The molecule has 0 saturated heterocycles. The molecule has 1 atom stereocenters.